The Labute approximate surface area is 868 Å². The van der Waals surface area contributed by atoms with Gasteiger partial charge in [0.1, 0.15) is 0 Å². The van der Waals surface area contributed by atoms with Crippen molar-refractivity contribution in [3.8, 4) is 66.8 Å². The fourth-order valence-corrected chi connectivity index (χ4v) is 21.5. The van der Waals surface area contributed by atoms with E-state index in [2.05, 4.69) is 521 Å². The number of benzene rings is 6. The van der Waals surface area contributed by atoms with Gasteiger partial charge in [0.15, 0.2) is 0 Å². The highest BCUT2D eigenvalue weighted by atomic mass is 15.1. The maximum absolute atomic E-state index is 6.71. The van der Waals surface area contributed by atoms with E-state index in [0.29, 0.717) is 12.8 Å². The van der Waals surface area contributed by atoms with E-state index < -0.39 is 0 Å². The fourth-order valence-electron chi connectivity index (χ4n) is 21.5. The van der Waals surface area contributed by atoms with E-state index in [1.165, 1.54) is 66.8 Å². The average Bonchev–Trinajstić information content (AvgIpc) is 1.50. The predicted octanol–water partition coefficient (Wildman–Crippen LogP) is 37.1. The van der Waals surface area contributed by atoms with Crippen LogP contribution in [0.3, 0.4) is 0 Å². The molecule has 146 heavy (non-hydrogen) atoms. The summed E-state index contributed by atoms with van der Waals surface area (Å²) in [5.74, 6) is 0. The zero-order chi connectivity index (χ0) is 105. The van der Waals surface area contributed by atoms with Gasteiger partial charge >= 0.3 is 0 Å². The lowest BCUT2D eigenvalue weighted by atomic mass is 9.78. The minimum absolute atomic E-state index is 0.194. The normalized spacial score (nSPS) is 15.5. The van der Waals surface area contributed by atoms with Crippen molar-refractivity contribution in [3.63, 3.8) is 0 Å². The summed E-state index contributed by atoms with van der Waals surface area (Å²) in [5, 5.41) is 3.90. The fraction of sp³-hybridized carbons (Fsp3) is 0.382. The molecule has 0 spiro atoms. The molecule has 2 atom stereocenters. The lowest BCUT2D eigenvalue weighted by Crippen LogP contribution is -2.19. The first kappa shape index (κ1) is 102. The van der Waals surface area contributed by atoms with Crippen LogP contribution in [0.15, 0.2) is 218 Å². The Bertz CT molecular complexity index is 7810. The van der Waals surface area contributed by atoms with Crippen molar-refractivity contribution in [2.24, 2.45) is 0 Å². The van der Waals surface area contributed by atoms with Crippen LogP contribution in [0, 0.1) is 21.4 Å². The smallest absolute Gasteiger partial charge is 0.0996 e. The Morgan fingerprint density at radius 1 is 0.212 bits per heavy atom. The topological polar surface area (TPSA) is 125 Å². The van der Waals surface area contributed by atoms with E-state index >= 15 is 0 Å². The Balaban J connectivity index is 1.15. The molecule has 6 aromatic carbocycles. The Hall–Kier alpha value is -12.9. The van der Waals surface area contributed by atoms with Gasteiger partial charge in [0.05, 0.1) is 78.3 Å². The Morgan fingerprint density at radius 3 is 0.616 bits per heavy atom. The van der Waals surface area contributed by atoms with Crippen LogP contribution < -0.4 is 0 Å². The average molecular weight is 1930 g/mol. The summed E-state index contributed by atoms with van der Waals surface area (Å²) in [4.78, 5) is 43.0. The second-order valence-electron chi connectivity index (χ2n) is 55.0. The van der Waals surface area contributed by atoms with Gasteiger partial charge in [-0.05, 0) is 263 Å². The van der Waals surface area contributed by atoms with Gasteiger partial charge in [-0.2, -0.15) is 0 Å². The summed E-state index contributed by atoms with van der Waals surface area (Å²) in [6.45, 7) is 84.7. The molecule has 7 aliphatic rings. The predicted molar refractivity (Wildman–Crippen MR) is 627 cm³/mol. The number of nitrogens with one attached hydrogen (secondary N) is 4. The van der Waals surface area contributed by atoms with Crippen molar-refractivity contribution >= 4 is 90.5 Å². The number of rotatable bonds is 8. The van der Waals surface area contributed by atoms with E-state index in [4.69, 9.17) is 19.9 Å². The molecule has 11 heterocycles. The molecule has 2 unspecified atom stereocenters. The molecule has 752 valence electrons. The van der Waals surface area contributed by atoms with Crippen LogP contribution in [0.4, 0.5) is 0 Å². The molecule has 6 aromatic heterocycles. The van der Waals surface area contributed by atoms with Crippen LogP contribution in [0.2, 0.25) is 0 Å². The molecule has 16 bridgehead atoms. The van der Waals surface area contributed by atoms with E-state index in [-0.39, 0.29) is 77.1 Å². The number of hydrogen-bond acceptors (Lipinski definition) is 4. The minimum Gasteiger partial charge on any atom is -0.355 e. The summed E-state index contributed by atoms with van der Waals surface area (Å²) in [6.07, 6.45) is 29.1. The standard InChI is InChI=1S/C136H158N10/c1-125(2,3)85-59-79(60-86(71-85)126(4,5)6)113-101-49-47-97(137-101)77-111-121-123(119(143-111)117(83-67-93(133(25,26)27)75-94(68-83)134(28,29)30)109-57-55-107(141-109)115(105-53-51-103(113)139-105)81-63-89(129(13,14)15)73-90(64-81)130(16,17)18)146(100-45-41-38-42-46-100)122-112-78-98-48-50-102(138-98)114(80-61-87(127(7,8)9)72-88(62-80)128(10,11)12)104-52-54-106(140-104)116(82-65-91(131(19,20)21)74-92(66-82)132(22,23)24)108-56-58-110(142-108)118(120(144-112)124(122)145(121)99-43-39-37-40-44-99)84-69-95(135(31,32)33)76-96(70-84)136(34,35)36/h37-43,45,47-78,99-100,137-138,141-142H,44,46H2,1-36H3. The second kappa shape index (κ2) is 35.4. The van der Waals surface area contributed by atoms with Crippen LogP contribution in [-0.2, 0) is 65.0 Å². The summed E-state index contributed by atoms with van der Waals surface area (Å²) in [6, 6.07) is 67.0. The summed E-state index contributed by atoms with van der Waals surface area (Å²) >= 11 is 0. The van der Waals surface area contributed by atoms with Crippen LogP contribution in [0.25, 0.3) is 157 Å². The molecule has 19 rings (SSSR count). The number of H-pyrrole nitrogens is 4. The van der Waals surface area contributed by atoms with E-state index in [1.807, 2.05) is 0 Å². The van der Waals surface area contributed by atoms with Gasteiger partial charge in [0, 0.05) is 77.5 Å². The summed E-state index contributed by atoms with van der Waals surface area (Å²) < 4.78 is 5.45. The minimum atomic E-state index is -0.309. The first-order valence-corrected chi connectivity index (χ1v) is 53.5. The SMILES string of the molecule is CC(C)(C)c1cc(-c2c3nc(c(-c4cc(C(C)(C)C)cc(C(C)(C)C)c4)c4ccc([nH]4)c(-c4cc(C(C)(C)C)cc(C(C)(C)C)c4)c4nc(cc5ccc2[nH]5)c2n(C5C=CC=CC5)c5c6nc(cc7ccc([nH]7)c(-c7cc(C(C)(C)C)cc(C(C)(C)C)c7)c7nc(c(-c8cc(C(C)(C)C)cc(C(C)(C)C)c8)c8ccc([nH]8)c6-c6cc(C(C)(C)C)cc(C(C)(C)C)c6)C=C7)c=5n(C5C=CC=CC5)c4=2)C=C3)cc(C(C)(C)C)c1. The first-order valence-electron chi connectivity index (χ1n) is 53.5. The van der Waals surface area contributed by atoms with Crippen molar-refractivity contribution in [1.29, 1.82) is 0 Å². The third kappa shape index (κ3) is 19.5. The third-order valence-corrected chi connectivity index (χ3v) is 30.9. The van der Waals surface area contributed by atoms with Crippen LogP contribution in [0.1, 0.15) is 364 Å². The van der Waals surface area contributed by atoms with Gasteiger partial charge in [-0.15, -0.1) is 0 Å². The highest BCUT2D eigenvalue weighted by Crippen LogP contribution is 2.50. The molecule has 0 fully saturated rings. The van der Waals surface area contributed by atoms with E-state index in [0.717, 1.165) is 177 Å². The van der Waals surface area contributed by atoms with Crippen molar-refractivity contribution in [2.75, 3.05) is 0 Å². The number of aromatic amines is 4. The third-order valence-electron chi connectivity index (χ3n) is 30.9. The highest BCUT2D eigenvalue weighted by Gasteiger charge is 2.36. The maximum Gasteiger partial charge on any atom is 0.0996 e. The molecule has 4 N–H and O–H groups in total. The van der Waals surface area contributed by atoms with E-state index in [1.54, 1.807) is 0 Å². The highest BCUT2D eigenvalue weighted by molar-refractivity contribution is 6.03. The molecular weight excluding hydrogens is 1770 g/mol. The number of aromatic nitrogens is 10. The van der Waals surface area contributed by atoms with Gasteiger partial charge < -0.3 is 29.1 Å². The molecule has 10 nitrogen and oxygen atoms in total. The summed E-state index contributed by atoms with van der Waals surface area (Å²) in [7, 11) is 0. The molecular formula is C136H158N10. The first-order chi connectivity index (χ1) is 67.9. The zero-order valence-corrected chi connectivity index (χ0v) is 94.3. The monoisotopic (exact) mass is 1930 g/mol. The van der Waals surface area contributed by atoms with Gasteiger partial charge in [-0.1, -0.05) is 407 Å². The van der Waals surface area contributed by atoms with Gasteiger partial charge in [-0.25, -0.2) is 19.9 Å². The largest absolute Gasteiger partial charge is 0.355 e. The Kier molecular flexibility index (Phi) is 24.7. The van der Waals surface area contributed by atoms with Crippen molar-refractivity contribution in [3.05, 3.63) is 329 Å². The quantitative estimate of drug-likeness (QED) is 0.121. The molecule has 12 aromatic rings. The zero-order valence-electron chi connectivity index (χ0n) is 94.3. The van der Waals surface area contributed by atoms with E-state index in [9.17, 15) is 0 Å². The van der Waals surface area contributed by atoms with Crippen molar-refractivity contribution in [2.45, 2.75) is 339 Å². The molecule has 5 aliphatic heterocycles. The molecule has 0 amide bonds. The van der Waals surface area contributed by atoms with Crippen LogP contribution in [0.5, 0.6) is 0 Å². The molecule has 0 radical (unpaired) electrons. The molecule has 0 saturated heterocycles. The summed E-state index contributed by atoms with van der Waals surface area (Å²) in [5.41, 5.74) is 38.9. The van der Waals surface area contributed by atoms with Crippen molar-refractivity contribution in [1.82, 2.24) is 49.0 Å². The molecule has 10 heteroatoms. The number of allylic oxidation sites excluding steroid dienone is 8. The lowest BCUT2D eigenvalue weighted by molar-refractivity contribution is 0.531. The number of fused-ring (bicyclic) bond motifs is 20. The molecule has 2 aliphatic carbocycles. The van der Waals surface area contributed by atoms with Crippen molar-refractivity contribution < 1.29 is 0 Å². The number of nitrogens with zero attached hydrogens (tertiary/aromatic N) is 6. The lowest BCUT2D eigenvalue weighted by Gasteiger charge is -2.27. The van der Waals surface area contributed by atoms with Crippen LogP contribution >= 0.6 is 0 Å². The second-order valence-corrected chi connectivity index (χ2v) is 55.0. The van der Waals surface area contributed by atoms with Gasteiger partial charge in [-0.3, -0.25) is 0 Å². The Morgan fingerprint density at radius 2 is 0.411 bits per heavy atom. The van der Waals surface area contributed by atoms with Crippen LogP contribution in [-0.4, -0.2) is 49.0 Å². The van der Waals surface area contributed by atoms with Gasteiger partial charge in [0.25, 0.3) is 0 Å². The number of hydrogen-bond donors (Lipinski definition) is 4. The maximum atomic E-state index is 6.71. The molecule has 0 saturated carbocycles. The van der Waals surface area contributed by atoms with Gasteiger partial charge in [0.2, 0.25) is 0 Å².